The highest BCUT2D eigenvalue weighted by atomic mass is 16.5. The maximum Gasteiger partial charge on any atom is 0.255 e. The van der Waals surface area contributed by atoms with Gasteiger partial charge in [-0.25, -0.2) is 0 Å². The molecule has 1 aliphatic carbocycles. The van der Waals surface area contributed by atoms with Gasteiger partial charge in [0.2, 0.25) is 5.89 Å². The van der Waals surface area contributed by atoms with Crippen LogP contribution in [-0.2, 0) is 17.8 Å². The van der Waals surface area contributed by atoms with E-state index >= 15 is 0 Å². The van der Waals surface area contributed by atoms with Crippen LogP contribution in [0, 0.1) is 5.92 Å². The van der Waals surface area contributed by atoms with Crippen LogP contribution < -0.4 is 0 Å². The molecule has 0 bridgehead atoms. The summed E-state index contributed by atoms with van der Waals surface area (Å²) in [5, 5.41) is 14.9. The fraction of sp³-hybridized carbons (Fsp3) is 0.850. The summed E-state index contributed by atoms with van der Waals surface area (Å²) in [5.41, 5.74) is -1.31. The van der Waals surface area contributed by atoms with Crippen molar-refractivity contribution in [2.75, 3.05) is 26.7 Å². The molecule has 0 spiro atoms. The smallest absolute Gasteiger partial charge is 0.255 e. The fourth-order valence-corrected chi connectivity index (χ4v) is 4.47. The SMILES string of the molecule is CCc1noc(CN(C)C[C@]2(O)CCCN(CCC3CCCCC3)C2=O)n1. The van der Waals surface area contributed by atoms with Gasteiger partial charge in [0.25, 0.3) is 5.91 Å². The Balaban J connectivity index is 1.52. The number of aliphatic hydroxyl groups is 1. The molecule has 1 aliphatic heterocycles. The first-order chi connectivity index (χ1) is 13.0. The lowest BCUT2D eigenvalue weighted by atomic mass is 9.86. The molecule has 152 valence electrons. The Labute approximate surface area is 162 Å². The molecular weight excluding hydrogens is 344 g/mol. The van der Waals surface area contributed by atoms with E-state index in [4.69, 9.17) is 4.52 Å². The Kier molecular flexibility index (Phi) is 6.87. The largest absolute Gasteiger partial charge is 0.379 e. The number of hydrogen-bond donors (Lipinski definition) is 1. The van der Waals surface area contributed by atoms with Crippen molar-refractivity contribution in [2.24, 2.45) is 5.92 Å². The summed E-state index contributed by atoms with van der Waals surface area (Å²) in [6.07, 6.45) is 9.74. The molecule has 7 nitrogen and oxygen atoms in total. The molecule has 1 aromatic heterocycles. The van der Waals surface area contributed by atoms with Gasteiger partial charge in [0.1, 0.15) is 0 Å². The number of nitrogens with zero attached hydrogens (tertiary/aromatic N) is 4. The van der Waals surface area contributed by atoms with E-state index in [0.29, 0.717) is 24.7 Å². The van der Waals surface area contributed by atoms with Gasteiger partial charge in [-0.3, -0.25) is 9.69 Å². The first-order valence-electron chi connectivity index (χ1n) is 10.5. The van der Waals surface area contributed by atoms with Gasteiger partial charge >= 0.3 is 0 Å². The number of aromatic nitrogens is 2. The molecule has 0 radical (unpaired) electrons. The molecule has 27 heavy (non-hydrogen) atoms. The molecule has 1 saturated heterocycles. The summed E-state index contributed by atoms with van der Waals surface area (Å²) in [5.74, 6) is 1.83. The summed E-state index contributed by atoms with van der Waals surface area (Å²) >= 11 is 0. The first kappa shape index (κ1) is 20.3. The lowest BCUT2D eigenvalue weighted by Gasteiger charge is -2.40. The van der Waals surface area contributed by atoms with Gasteiger partial charge in [0, 0.05) is 26.1 Å². The number of carbonyl (C=O) groups excluding carboxylic acids is 1. The quantitative estimate of drug-likeness (QED) is 0.748. The number of likely N-dealkylation sites (N-methyl/N-ethyl adjacent to an activating group) is 1. The van der Waals surface area contributed by atoms with Crippen LogP contribution in [0.2, 0.25) is 0 Å². The molecule has 1 N–H and O–H groups in total. The van der Waals surface area contributed by atoms with Crippen LogP contribution in [0.1, 0.15) is 70.0 Å². The minimum atomic E-state index is -1.31. The maximum atomic E-state index is 13.0. The van der Waals surface area contributed by atoms with E-state index in [1.807, 2.05) is 23.8 Å². The molecule has 7 heteroatoms. The third-order valence-corrected chi connectivity index (χ3v) is 6.00. The van der Waals surface area contributed by atoms with Gasteiger partial charge in [-0.15, -0.1) is 0 Å². The minimum absolute atomic E-state index is 0.115. The average molecular weight is 379 g/mol. The highest BCUT2D eigenvalue weighted by Gasteiger charge is 2.43. The summed E-state index contributed by atoms with van der Waals surface area (Å²) in [6.45, 7) is 4.24. The molecule has 2 heterocycles. The van der Waals surface area contributed by atoms with Gasteiger partial charge < -0.3 is 14.5 Å². The molecule has 0 aromatic carbocycles. The van der Waals surface area contributed by atoms with E-state index in [0.717, 1.165) is 38.3 Å². The normalized spacial score (nSPS) is 24.7. The monoisotopic (exact) mass is 378 g/mol. The molecule has 3 rings (SSSR count). The van der Waals surface area contributed by atoms with Gasteiger partial charge in [-0.2, -0.15) is 4.98 Å². The zero-order chi connectivity index (χ0) is 19.3. The Bertz CT molecular complexity index is 614. The third kappa shape index (κ3) is 5.29. The van der Waals surface area contributed by atoms with Crippen molar-refractivity contribution in [3.8, 4) is 0 Å². The van der Waals surface area contributed by atoms with Crippen molar-refractivity contribution in [3.63, 3.8) is 0 Å². The number of amides is 1. The van der Waals surface area contributed by atoms with Crippen LogP contribution in [-0.4, -0.2) is 63.2 Å². The predicted molar refractivity (Wildman–Crippen MR) is 102 cm³/mol. The van der Waals surface area contributed by atoms with Crippen LogP contribution in [0.4, 0.5) is 0 Å². The van der Waals surface area contributed by atoms with E-state index in [9.17, 15) is 9.90 Å². The van der Waals surface area contributed by atoms with Crippen LogP contribution in [0.15, 0.2) is 4.52 Å². The average Bonchev–Trinajstić information content (AvgIpc) is 3.11. The summed E-state index contributed by atoms with van der Waals surface area (Å²) < 4.78 is 5.22. The van der Waals surface area contributed by atoms with Gasteiger partial charge in [-0.1, -0.05) is 44.2 Å². The molecule has 2 aliphatic rings. The van der Waals surface area contributed by atoms with Crippen LogP contribution >= 0.6 is 0 Å². The Morgan fingerprint density at radius 2 is 2.07 bits per heavy atom. The highest BCUT2D eigenvalue weighted by molar-refractivity contribution is 5.86. The zero-order valence-corrected chi connectivity index (χ0v) is 16.8. The molecule has 2 fully saturated rings. The predicted octanol–water partition coefficient (Wildman–Crippen LogP) is 2.39. The van der Waals surface area contributed by atoms with E-state index in [1.165, 1.54) is 32.1 Å². The van der Waals surface area contributed by atoms with Crippen molar-refractivity contribution < 1.29 is 14.4 Å². The summed E-state index contributed by atoms with van der Waals surface area (Å²) in [7, 11) is 1.88. The van der Waals surface area contributed by atoms with E-state index in [2.05, 4.69) is 10.1 Å². The lowest BCUT2D eigenvalue weighted by molar-refractivity contribution is -0.159. The van der Waals surface area contributed by atoms with E-state index in [-0.39, 0.29) is 12.5 Å². The number of piperidine rings is 1. The Hall–Kier alpha value is -1.47. The van der Waals surface area contributed by atoms with Crippen molar-refractivity contribution in [2.45, 2.75) is 76.9 Å². The zero-order valence-electron chi connectivity index (χ0n) is 16.8. The Morgan fingerprint density at radius 1 is 1.30 bits per heavy atom. The minimum Gasteiger partial charge on any atom is -0.379 e. The van der Waals surface area contributed by atoms with Crippen molar-refractivity contribution in [1.29, 1.82) is 0 Å². The number of aryl methyl sites for hydroxylation is 1. The third-order valence-electron chi connectivity index (χ3n) is 6.00. The summed E-state index contributed by atoms with van der Waals surface area (Å²) in [4.78, 5) is 21.0. The van der Waals surface area contributed by atoms with E-state index in [1.54, 1.807) is 0 Å². The second kappa shape index (κ2) is 9.15. The molecule has 1 aromatic rings. The highest BCUT2D eigenvalue weighted by Crippen LogP contribution is 2.29. The number of likely N-dealkylation sites (tertiary alicyclic amines) is 1. The molecular formula is C20H34N4O3. The second-order valence-corrected chi connectivity index (χ2v) is 8.35. The lowest BCUT2D eigenvalue weighted by Crippen LogP contribution is -2.58. The van der Waals surface area contributed by atoms with Crippen LogP contribution in [0.5, 0.6) is 0 Å². The number of hydrogen-bond acceptors (Lipinski definition) is 6. The second-order valence-electron chi connectivity index (χ2n) is 8.35. The van der Waals surface area contributed by atoms with E-state index < -0.39 is 5.60 Å². The topological polar surface area (TPSA) is 82.7 Å². The molecule has 1 atom stereocenters. The summed E-state index contributed by atoms with van der Waals surface area (Å²) in [6, 6.07) is 0. The van der Waals surface area contributed by atoms with Crippen molar-refractivity contribution in [3.05, 3.63) is 11.7 Å². The number of carbonyl (C=O) groups is 1. The van der Waals surface area contributed by atoms with Gasteiger partial charge in [0.15, 0.2) is 11.4 Å². The maximum absolute atomic E-state index is 13.0. The van der Waals surface area contributed by atoms with Gasteiger partial charge in [-0.05, 0) is 32.2 Å². The van der Waals surface area contributed by atoms with Crippen molar-refractivity contribution in [1.82, 2.24) is 19.9 Å². The first-order valence-corrected chi connectivity index (χ1v) is 10.5. The van der Waals surface area contributed by atoms with Crippen LogP contribution in [0.3, 0.4) is 0 Å². The van der Waals surface area contributed by atoms with Gasteiger partial charge in [0.05, 0.1) is 6.54 Å². The molecule has 1 amide bonds. The van der Waals surface area contributed by atoms with Crippen molar-refractivity contribution >= 4 is 5.91 Å². The number of rotatable bonds is 8. The standard InChI is InChI=1S/C20H34N4O3/c1-3-17-21-18(27-22-17)14-23(2)15-20(26)11-7-12-24(19(20)25)13-10-16-8-5-4-6-9-16/h16,26H,3-15H2,1-2H3/t20-/m1/s1. The Morgan fingerprint density at radius 3 is 2.78 bits per heavy atom. The van der Waals surface area contributed by atoms with Crippen LogP contribution in [0.25, 0.3) is 0 Å². The molecule has 0 unspecified atom stereocenters. The fourth-order valence-electron chi connectivity index (χ4n) is 4.47. The molecule has 1 saturated carbocycles.